The summed E-state index contributed by atoms with van der Waals surface area (Å²) in [6, 6.07) is 15.4. The maximum Gasteiger partial charge on any atom is 0.135 e. The molecule has 15 heavy (non-hydrogen) atoms. The van der Waals surface area contributed by atoms with Crippen molar-refractivity contribution < 1.29 is 4.42 Å². The van der Waals surface area contributed by atoms with Gasteiger partial charge in [-0.15, -0.1) is 0 Å². The summed E-state index contributed by atoms with van der Waals surface area (Å²) in [5.74, 6) is 0. The minimum atomic E-state index is 0.661. The summed E-state index contributed by atoms with van der Waals surface area (Å²) in [7, 11) is 0. The molecule has 2 nitrogen and oxygen atoms in total. The van der Waals surface area contributed by atoms with Crippen molar-refractivity contribution in [1.29, 1.82) is 5.26 Å². The van der Waals surface area contributed by atoms with Gasteiger partial charge in [-0.1, -0.05) is 18.2 Å². The van der Waals surface area contributed by atoms with Crippen LogP contribution in [0.4, 0.5) is 0 Å². The molecular formula is C13H7NO. The molecule has 0 unspecified atom stereocenters. The summed E-state index contributed by atoms with van der Waals surface area (Å²) >= 11 is 0. The predicted molar refractivity (Wildman–Crippen MR) is 58.4 cm³/mol. The summed E-state index contributed by atoms with van der Waals surface area (Å²) in [4.78, 5) is 0. The van der Waals surface area contributed by atoms with Crippen molar-refractivity contribution in [1.82, 2.24) is 0 Å². The summed E-state index contributed by atoms with van der Waals surface area (Å²) in [6.07, 6.45) is 0. The monoisotopic (exact) mass is 193 g/mol. The highest BCUT2D eigenvalue weighted by molar-refractivity contribution is 6.05. The molecule has 0 spiro atoms. The Morgan fingerprint density at radius 3 is 2.60 bits per heavy atom. The molecule has 70 valence electrons. The summed E-state index contributed by atoms with van der Waals surface area (Å²) in [5.41, 5.74) is 2.35. The van der Waals surface area contributed by atoms with Gasteiger partial charge in [-0.05, 0) is 24.3 Å². The van der Waals surface area contributed by atoms with Crippen molar-refractivity contribution in [2.75, 3.05) is 0 Å². The molecule has 0 saturated carbocycles. The fourth-order valence-electron chi connectivity index (χ4n) is 1.80. The van der Waals surface area contributed by atoms with E-state index in [2.05, 4.69) is 6.07 Å². The predicted octanol–water partition coefficient (Wildman–Crippen LogP) is 3.46. The lowest BCUT2D eigenvalue weighted by Crippen LogP contribution is -1.71. The Morgan fingerprint density at radius 2 is 1.73 bits per heavy atom. The van der Waals surface area contributed by atoms with Gasteiger partial charge in [-0.25, -0.2) is 0 Å². The van der Waals surface area contributed by atoms with Gasteiger partial charge in [-0.2, -0.15) is 5.26 Å². The SMILES string of the molecule is N#Cc1ccc2oc3ccccc3c2c1. The number of hydrogen-bond donors (Lipinski definition) is 0. The number of benzene rings is 2. The average molecular weight is 193 g/mol. The first-order chi connectivity index (χ1) is 7.38. The molecule has 3 aromatic rings. The van der Waals surface area contributed by atoms with Crippen molar-refractivity contribution in [3.05, 3.63) is 48.0 Å². The number of fused-ring (bicyclic) bond motifs is 3. The molecule has 0 saturated heterocycles. The number of nitriles is 1. The van der Waals surface area contributed by atoms with E-state index in [0.717, 1.165) is 21.9 Å². The van der Waals surface area contributed by atoms with Crippen LogP contribution < -0.4 is 0 Å². The van der Waals surface area contributed by atoms with E-state index in [-0.39, 0.29) is 0 Å². The van der Waals surface area contributed by atoms with E-state index in [9.17, 15) is 0 Å². The largest absolute Gasteiger partial charge is 0.456 e. The molecule has 0 aliphatic rings. The lowest BCUT2D eigenvalue weighted by Gasteiger charge is -1.89. The van der Waals surface area contributed by atoms with Crippen molar-refractivity contribution in [2.45, 2.75) is 0 Å². The van der Waals surface area contributed by atoms with Gasteiger partial charge in [-0.3, -0.25) is 0 Å². The Hall–Kier alpha value is -2.27. The van der Waals surface area contributed by atoms with Crippen LogP contribution in [0.3, 0.4) is 0 Å². The standard InChI is InChI=1S/C13H7NO/c14-8-9-5-6-13-11(7-9)10-3-1-2-4-12(10)15-13/h1-7H. The van der Waals surface area contributed by atoms with Crippen LogP contribution in [0.15, 0.2) is 46.9 Å². The zero-order chi connectivity index (χ0) is 10.3. The lowest BCUT2D eigenvalue weighted by atomic mass is 10.1. The van der Waals surface area contributed by atoms with E-state index in [1.165, 1.54) is 0 Å². The van der Waals surface area contributed by atoms with Crippen molar-refractivity contribution in [3.8, 4) is 6.07 Å². The van der Waals surface area contributed by atoms with Gasteiger partial charge < -0.3 is 4.42 Å². The molecule has 0 fully saturated rings. The molecule has 0 amide bonds. The molecule has 1 aromatic heterocycles. The van der Waals surface area contributed by atoms with Gasteiger partial charge in [0, 0.05) is 10.8 Å². The number of hydrogen-bond acceptors (Lipinski definition) is 2. The molecule has 0 aliphatic heterocycles. The summed E-state index contributed by atoms with van der Waals surface area (Å²) in [6.45, 7) is 0. The van der Waals surface area contributed by atoms with Crippen LogP contribution >= 0.6 is 0 Å². The Bertz CT molecular complexity index is 688. The van der Waals surface area contributed by atoms with E-state index in [0.29, 0.717) is 5.56 Å². The first-order valence-electron chi connectivity index (χ1n) is 4.70. The highest BCUT2D eigenvalue weighted by Gasteiger charge is 2.05. The second-order valence-corrected chi connectivity index (χ2v) is 3.42. The molecule has 0 atom stereocenters. The molecule has 0 aliphatic carbocycles. The second kappa shape index (κ2) is 2.86. The van der Waals surface area contributed by atoms with Gasteiger partial charge in [0.05, 0.1) is 11.6 Å². The number of nitrogens with zero attached hydrogens (tertiary/aromatic N) is 1. The van der Waals surface area contributed by atoms with Crippen molar-refractivity contribution in [3.63, 3.8) is 0 Å². The topological polar surface area (TPSA) is 36.9 Å². The smallest absolute Gasteiger partial charge is 0.135 e. The van der Waals surface area contributed by atoms with Crippen LogP contribution in [0.1, 0.15) is 5.56 Å². The molecule has 1 heterocycles. The van der Waals surface area contributed by atoms with Gasteiger partial charge in [0.1, 0.15) is 11.2 Å². The van der Waals surface area contributed by atoms with Crippen LogP contribution in [-0.4, -0.2) is 0 Å². The molecule has 2 heteroatoms. The molecule has 0 radical (unpaired) electrons. The van der Waals surface area contributed by atoms with E-state index in [4.69, 9.17) is 9.68 Å². The Labute approximate surface area is 86.3 Å². The second-order valence-electron chi connectivity index (χ2n) is 3.42. The lowest BCUT2D eigenvalue weighted by molar-refractivity contribution is 0.669. The number of furan rings is 1. The summed E-state index contributed by atoms with van der Waals surface area (Å²) in [5, 5.41) is 10.9. The Balaban J connectivity index is 2.53. The van der Waals surface area contributed by atoms with E-state index in [1.807, 2.05) is 36.4 Å². The number of para-hydroxylation sites is 1. The zero-order valence-electron chi connectivity index (χ0n) is 7.90. The third-order valence-electron chi connectivity index (χ3n) is 2.51. The van der Waals surface area contributed by atoms with E-state index >= 15 is 0 Å². The van der Waals surface area contributed by atoms with Crippen LogP contribution in [-0.2, 0) is 0 Å². The fourth-order valence-corrected chi connectivity index (χ4v) is 1.80. The minimum Gasteiger partial charge on any atom is -0.456 e. The maximum atomic E-state index is 8.83. The molecular weight excluding hydrogens is 186 g/mol. The first kappa shape index (κ1) is 8.07. The van der Waals surface area contributed by atoms with Crippen LogP contribution in [0, 0.1) is 11.3 Å². The van der Waals surface area contributed by atoms with E-state index in [1.54, 1.807) is 6.07 Å². The number of rotatable bonds is 0. The third kappa shape index (κ3) is 1.10. The quantitative estimate of drug-likeness (QED) is 0.548. The fraction of sp³-hybridized carbons (Fsp3) is 0. The van der Waals surface area contributed by atoms with Gasteiger partial charge in [0.25, 0.3) is 0 Å². The molecule has 2 aromatic carbocycles. The van der Waals surface area contributed by atoms with Crippen molar-refractivity contribution in [2.24, 2.45) is 0 Å². The van der Waals surface area contributed by atoms with Crippen LogP contribution in [0.2, 0.25) is 0 Å². The van der Waals surface area contributed by atoms with Gasteiger partial charge in [0.2, 0.25) is 0 Å². The zero-order valence-corrected chi connectivity index (χ0v) is 7.90. The van der Waals surface area contributed by atoms with Crippen LogP contribution in [0.5, 0.6) is 0 Å². The Morgan fingerprint density at radius 1 is 0.933 bits per heavy atom. The maximum absolute atomic E-state index is 8.83. The average Bonchev–Trinajstić information content (AvgIpc) is 2.66. The molecule has 3 rings (SSSR count). The third-order valence-corrected chi connectivity index (χ3v) is 2.51. The van der Waals surface area contributed by atoms with Gasteiger partial charge >= 0.3 is 0 Å². The molecule has 0 bridgehead atoms. The Kier molecular flexibility index (Phi) is 1.54. The first-order valence-corrected chi connectivity index (χ1v) is 4.70. The van der Waals surface area contributed by atoms with Crippen LogP contribution in [0.25, 0.3) is 21.9 Å². The minimum absolute atomic E-state index is 0.661. The highest BCUT2D eigenvalue weighted by atomic mass is 16.3. The van der Waals surface area contributed by atoms with E-state index < -0.39 is 0 Å². The molecule has 0 N–H and O–H groups in total. The van der Waals surface area contributed by atoms with Gasteiger partial charge in [0.15, 0.2) is 0 Å². The normalized spacial score (nSPS) is 10.6. The summed E-state index contributed by atoms with van der Waals surface area (Å²) < 4.78 is 5.64. The van der Waals surface area contributed by atoms with Crippen molar-refractivity contribution >= 4 is 21.9 Å². The highest BCUT2D eigenvalue weighted by Crippen LogP contribution is 2.28.